The lowest BCUT2D eigenvalue weighted by Gasteiger charge is -2.26. The van der Waals surface area contributed by atoms with Crippen LogP contribution in [0, 0.1) is 11.3 Å². The molecule has 9 heteroatoms. The Bertz CT molecular complexity index is 1220. The van der Waals surface area contributed by atoms with Gasteiger partial charge in [-0.25, -0.2) is 0 Å². The number of aromatic nitrogens is 2. The van der Waals surface area contributed by atoms with Crippen molar-refractivity contribution in [1.82, 2.24) is 10.2 Å². The van der Waals surface area contributed by atoms with Gasteiger partial charge in [-0.15, -0.1) is 5.10 Å². The lowest BCUT2D eigenvalue weighted by atomic mass is 9.82. The van der Waals surface area contributed by atoms with Gasteiger partial charge >= 0.3 is 0 Å². The number of rotatable bonds is 6. The second-order valence-electron chi connectivity index (χ2n) is 6.92. The molecule has 3 aromatic rings. The number of benzene rings is 2. The van der Waals surface area contributed by atoms with Crippen LogP contribution in [0.5, 0.6) is 28.9 Å². The van der Waals surface area contributed by atoms with E-state index in [4.69, 9.17) is 29.4 Å². The summed E-state index contributed by atoms with van der Waals surface area (Å²) in [5.41, 5.74) is 9.18. The number of allylic oxidation sites excluding steroid dienone is 1. The van der Waals surface area contributed by atoms with Gasteiger partial charge in [0.05, 0.1) is 45.6 Å². The molecule has 0 amide bonds. The van der Waals surface area contributed by atoms with Gasteiger partial charge in [0.1, 0.15) is 23.1 Å². The van der Waals surface area contributed by atoms with Crippen LogP contribution in [-0.2, 0) is 0 Å². The van der Waals surface area contributed by atoms with E-state index >= 15 is 0 Å². The molecular weight excluding hydrogens is 412 g/mol. The molecule has 0 aliphatic carbocycles. The predicted octanol–water partition coefficient (Wildman–Crippen LogP) is 3.33. The molecule has 1 aliphatic heterocycles. The lowest BCUT2D eigenvalue weighted by Crippen LogP contribution is -2.21. The average Bonchev–Trinajstić information content (AvgIpc) is 3.25. The molecule has 1 aromatic heterocycles. The van der Waals surface area contributed by atoms with Gasteiger partial charge in [-0.3, -0.25) is 5.10 Å². The van der Waals surface area contributed by atoms with Crippen LogP contribution in [0.1, 0.15) is 17.0 Å². The first-order valence-electron chi connectivity index (χ1n) is 9.66. The van der Waals surface area contributed by atoms with E-state index in [0.29, 0.717) is 34.1 Å². The van der Waals surface area contributed by atoms with E-state index in [1.54, 1.807) is 40.6 Å². The Morgan fingerprint density at radius 3 is 2.22 bits per heavy atom. The number of hydrogen-bond donors (Lipinski definition) is 2. The minimum absolute atomic E-state index is 0.0189. The van der Waals surface area contributed by atoms with Crippen molar-refractivity contribution in [3.8, 4) is 46.2 Å². The largest absolute Gasteiger partial charge is 0.497 e. The quantitative estimate of drug-likeness (QED) is 0.605. The van der Waals surface area contributed by atoms with Gasteiger partial charge in [0, 0.05) is 17.2 Å². The highest BCUT2D eigenvalue weighted by atomic mass is 16.5. The van der Waals surface area contributed by atoms with Crippen LogP contribution in [-0.4, -0.2) is 38.6 Å². The van der Waals surface area contributed by atoms with Crippen molar-refractivity contribution in [1.29, 1.82) is 5.26 Å². The molecule has 32 heavy (non-hydrogen) atoms. The standard InChI is InChI=1S/C23H22N4O5/c1-28-13-7-5-12(6-8-13)21-20-19(15(11-24)22(25)32-23(20)27-26-21)14-9-17(30-3)18(31-4)10-16(14)29-2/h5-10,19H,25H2,1-4H3,(H,26,27)/t19-/m0/s1. The van der Waals surface area contributed by atoms with E-state index in [9.17, 15) is 5.26 Å². The Morgan fingerprint density at radius 2 is 1.62 bits per heavy atom. The normalized spacial score (nSPS) is 14.8. The molecule has 0 radical (unpaired) electrons. The molecule has 3 N–H and O–H groups in total. The number of nitrogens with one attached hydrogen (secondary N) is 1. The number of fused-ring (bicyclic) bond motifs is 1. The van der Waals surface area contributed by atoms with Crippen LogP contribution in [0.2, 0.25) is 0 Å². The molecular formula is C23H22N4O5. The number of ether oxygens (including phenoxy) is 5. The zero-order chi connectivity index (χ0) is 22.8. The van der Waals surface area contributed by atoms with Gasteiger partial charge in [-0.2, -0.15) is 5.26 Å². The molecule has 164 valence electrons. The van der Waals surface area contributed by atoms with Crippen molar-refractivity contribution in [2.75, 3.05) is 28.4 Å². The van der Waals surface area contributed by atoms with Crippen molar-refractivity contribution >= 4 is 0 Å². The summed E-state index contributed by atoms with van der Waals surface area (Å²) >= 11 is 0. The van der Waals surface area contributed by atoms with Gasteiger partial charge < -0.3 is 29.4 Å². The maximum atomic E-state index is 9.97. The molecule has 0 unspecified atom stereocenters. The Kier molecular flexibility index (Phi) is 5.52. The van der Waals surface area contributed by atoms with Crippen LogP contribution < -0.4 is 29.4 Å². The monoisotopic (exact) mass is 434 g/mol. The molecule has 0 spiro atoms. The highest BCUT2D eigenvalue weighted by Gasteiger charge is 2.37. The zero-order valence-corrected chi connectivity index (χ0v) is 18.1. The topological polar surface area (TPSA) is 125 Å². The van der Waals surface area contributed by atoms with Crippen molar-refractivity contribution in [3.05, 3.63) is 59.0 Å². The summed E-state index contributed by atoms with van der Waals surface area (Å²) in [5.74, 6) is 1.86. The summed E-state index contributed by atoms with van der Waals surface area (Å²) in [4.78, 5) is 0. The molecule has 9 nitrogen and oxygen atoms in total. The fourth-order valence-corrected chi connectivity index (χ4v) is 3.81. The van der Waals surface area contributed by atoms with Crippen LogP contribution in [0.3, 0.4) is 0 Å². The Balaban J connectivity index is 1.97. The summed E-state index contributed by atoms with van der Waals surface area (Å²) < 4.78 is 27.5. The summed E-state index contributed by atoms with van der Waals surface area (Å²) in [6.45, 7) is 0. The first-order chi connectivity index (χ1) is 15.6. The zero-order valence-electron chi connectivity index (χ0n) is 18.1. The summed E-state index contributed by atoms with van der Waals surface area (Å²) in [7, 11) is 6.23. The van der Waals surface area contributed by atoms with Gasteiger partial charge in [-0.1, -0.05) is 0 Å². The minimum atomic E-state index is -0.616. The fraction of sp³-hybridized carbons (Fsp3) is 0.217. The third-order valence-electron chi connectivity index (χ3n) is 5.36. The molecule has 0 saturated carbocycles. The highest BCUT2D eigenvalue weighted by Crippen LogP contribution is 2.50. The molecule has 1 atom stereocenters. The van der Waals surface area contributed by atoms with Crippen LogP contribution >= 0.6 is 0 Å². The Hall–Kier alpha value is -4.32. The SMILES string of the molecule is COc1ccc(-c2[nH]nc3c2[C@@H](c2cc(OC)c(OC)cc2OC)C(C#N)=C(N)O3)cc1. The van der Waals surface area contributed by atoms with Crippen molar-refractivity contribution in [2.24, 2.45) is 5.73 Å². The van der Waals surface area contributed by atoms with Gasteiger partial charge in [-0.05, 0) is 30.3 Å². The van der Waals surface area contributed by atoms with E-state index in [2.05, 4.69) is 16.3 Å². The molecule has 0 saturated heterocycles. The van der Waals surface area contributed by atoms with Gasteiger partial charge in [0.15, 0.2) is 11.5 Å². The number of H-pyrrole nitrogens is 1. The van der Waals surface area contributed by atoms with Gasteiger partial charge in [0.25, 0.3) is 0 Å². The molecule has 2 aromatic carbocycles. The number of nitrogens with two attached hydrogens (primary N) is 1. The molecule has 4 rings (SSSR count). The summed E-state index contributed by atoms with van der Waals surface area (Å²) in [5, 5.41) is 17.3. The van der Waals surface area contributed by atoms with Crippen LogP contribution in [0.4, 0.5) is 0 Å². The second kappa shape index (κ2) is 8.43. The van der Waals surface area contributed by atoms with E-state index in [1.807, 2.05) is 24.3 Å². The predicted molar refractivity (Wildman–Crippen MR) is 116 cm³/mol. The van der Waals surface area contributed by atoms with Crippen LogP contribution in [0.25, 0.3) is 11.3 Å². The lowest BCUT2D eigenvalue weighted by molar-refractivity contribution is 0.346. The van der Waals surface area contributed by atoms with E-state index in [1.165, 1.54) is 0 Å². The Labute approximate surface area is 184 Å². The molecule has 0 fully saturated rings. The highest BCUT2D eigenvalue weighted by molar-refractivity contribution is 5.72. The molecule has 0 bridgehead atoms. The first-order valence-corrected chi connectivity index (χ1v) is 9.66. The van der Waals surface area contributed by atoms with Crippen LogP contribution in [0.15, 0.2) is 47.9 Å². The number of nitrogens with zero attached hydrogens (tertiary/aromatic N) is 2. The fourth-order valence-electron chi connectivity index (χ4n) is 3.81. The molecule has 2 heterocycles. The number of nitriles is 1. The van der Waals surface area contributed by atoms with Crippen molar-refractivity contribution < 1.29 is 23.7 Å². The van der Waals surface area contributed by atoms with Gasteiger partial charge in [0.2, 0.25) is 11.8 Å². The van der Waals surface area contributed by atoms with Crippen molar-refractivity contribution in [3.63, 3.8) is 0 Å². The maximum absolute atomic E-state index is 9.97. The van der Waals surface area contributed by atoms with E-state index in [-0.39, 0.29) is 17.3 Å². The molecule has 1 aliphatic rings. The number of hydrogen-bond acceptors (Lipinski definition) is 8. The minimum Gasteiger partial charge on any atom is -0.497 e. The number of methoxy groups -OCH3 is 4. The number of aromatic amines is 1. The van der Waals surface area contributed by atoms with Crippen molar-refractivity contribution in [2.45, 2.75) is 5.92 Å². The third-order valence-corrected chi connectivity index (χ3v) is 5.36. The van der Waals surface area contributed by atoms with E-state index in [0.717, 1.165) is 11.3 Å². The summed E-state index contributed by atoms with van der Waals surface area (Å²) in [6, 6.07) is 13.1. The maximum Gasteiger partial charge on any atom is 0.244 e. The van der Waals surface area contributed by atoms with E-state index < -0.39 is 5.92 Å². The smallest absolute Gasteiger partial charge is 0.244 e. The first kappa shape index (κ1) is 20.9. The Morgan fingerprint density at radius 1 is 0.969 bits per heavy atom. The second-order valence-corrected chi connectivity index (χ2v) is 6.92. The average molecular weight is 434 g/mol. The summed E-state index contributed by atoms with van der Waals surface area (Å²) in [6.07, 6.45) is 0. The third kappa shape index (κ3) is 3.32.